The SMILES string of the molecule is CC(C)(C)C(O)c1ccc([N+](=O)[O-])cc1[N+](=O)[O-]. The van der Waals surface area contributed by atoms with E-state index < -0.39 is 27.1 Å². The molecular formula is C11H14N2O5. The van der Waals surface area contributed by atoms with Crippen LogP contribution in [0.15, 0.2) is 18.2 Å². The molecule has 0 saturated carbocycles. The predicted octanol–water partition coefficient (Wildman–Crippen LogP) is 2.58. The van der Waals surface area contributed by atoms with Crippen molar-refractivity contribution in [3.63, 3.8) is 0 Å². The Labute approximate surface area is 103 Å². The highest BCUT2D eigenvalue weighted by molar-refractivity contribution is 5.50. The lowest BCUT2D eigenvalue weighted by Crippen LogP contribution is -2.19. The number of hydrogen-bond donors (Lipinski definition) is 1. The Morgan fingerprint density at radius 1 is 1.17 bits per heavy atom. The number of rotatable bonds is 3. The molecule has 1 aromatic rings. The molecule has 0 saturated heterocycles. The lowest BCUT2D eigenvalue weighted by atomic mass is 9.84. The van der Waals surface area contributed by atoms with Crippen LogP contribution >= 0.6 is 0 Å². The summed E-state index contributed by atoms with van der Waals surface area (Å²) in [6.07, 6.45) is -1.07. The Morgan fingerprint density at radius 2 is 1.72 bits per heavy atom. The molecule has 1 aromatic carbocycles. The summed E-state index contributed by atoms with van der Waals surface area (Å²) in [7, 11) is 0. The van der Waals surface area contributed by atoms with Crippen LogP contribution in [-0.2, 0) is 0 Å². The highest BCUT2D eigenvalue weighted by Gasteiger charge is 2.31. The molecule has 0 fully saturated rings. The number of non-ortho nitro benzene ring substituents is 1. The third-order valence-electron chi connectivity index (χ3n) is 2.54. The topological polar surface area (TPSA) is 107 Å². The van der Waals surface area contributed by atoms with E-state index in [0.717, 1.165) is 12.1 Å². The molecule has 0 spiro atoms. The molecule has 0 heterocycles. The summed E-state index contributed by atoms with van der Waals surface area (Å²) in [5, 5.41) is 31.5. The van der Waals surface area contributed by atoms with Crippen molar-refractivity contribution in [1.29, 1.82) is 0 Å². The molecule has 0 aliphatic heterocycles. The fourth-order valence-electron chi connectivity index (χ4n) is 1.50. The first kappa shape index (κ1) is 14.0. The van der Waals surface area contributed by atoms with Crippen LogP contribution in [0.4, 0.5) is 11.4 Å². The summed E-state index contributed by atoms with van der Waals surface area (Å²) in [4.78, 5) is 20.0. The molecule has 18 heavy (non-hydrogen) atoms. The van der Waals surface area contributed by atoms with Crippen LogP contribution in [0.2, 0.25) is 0 Å². The van der Waals surface area contributed by atoms with Gasteiger partial charge in [0.15, 0.2) is 0 Å². The van der Waals surface area contributed by atoms with Gasteiger partial charge in [0.25, 0.3) is 11.4 Å². The van der Waals surface area contributed by atoms with E-state index >= 15 is 0 Å². The van der Waals surface area contributed by atoms with Gasteiger partial charge in [-0.15, -0.1) is 0 Å². The van der Waals surface area contributed by atoms with Crippen molar-refractivity contribution >= 4 is 11.4 Å². The van der Waals surface area contributed by atoms with E-state index in [1.165, 1.54) is 6.07 Å². The molecule has 1 atom stereocenters. The zero-order valence-electron chi connectivity index (χ0n) is 10.3. The maximum Gasteiger partial charge on any atom is 0.282 e. The largest absolute Gasteiger partial charge is 0.388 e. The molecule has 1 rings (SSSR count). The van der Waals surface area contributed by atoms with Crippen LogP contribution in [0.1, 0.15) is 32.4 Å². The second kappa shape index (κ2) is 4.69. The van der Waals surface area contributed by atoms with Crippen LogP contribution < -0.4 is 0 Å². The monoisotopic (exact) mass is 254 g/mol. The molecule has 7 nitrogen and oxygen atoms in total. The maximum atomic E-state index is 10.9. The van der Waals surface area contributed by atoms with E-state index in [1.54, 1.807) is 20.8 Å². The Bertz CT molecular complexity index is 493. The zero-order valence-corrected chi connectivity index (χ0v) is 10.3. The fourth-order valence-corrected chi connectivity index (χ4v) is 1.50. The molecule has 0 amide bonds. The van der Waals surface area contributed by atoms with Gasteiger partial charge in [-0.1, -0.05) is 20.8 Å². The summed E-state index contributed by atoms with van der Waals surface area (Å²) >= 11 is 0. The molecule has 0 aromatic heterocycles. The summed E-state index contributed by atoms with van der Waals surface area (Å²) in [5.41, 5.74) is -1.32. The number of nitro groups is 2. The quantitative estimate of drug-likeness (QED) is 0.658. The van der Waals surface area contributed by atoms with Gasteiger partial charge >= 0.3 is 0 Å². The lowest BCUT2D eigenvalue weighted by Gasteiger charge is -2.25. The average Bonchev–Trinajstić information content (AvgIpc) is 2.25. The van der Waals surface area contributed by atoms with E-state index in [4.69, 9.17) is 0 Å². The van der Waals surface area contributed by atoms with Gasteiger partial charge in [-0.2, -0.15) is 0 Å². The van der Waals surface area contributed by atoms with Gasteiger partial charge in [-0.05, 0) is 11.5 Å². The fraction of sp³-hybridized carbons (Fsp3) is 0.455. The molecule has 7 heteroatoms. The summed E-state index contributed by atoms with van der Waals surface area (Å²) in [6.45, 7) is 5.18. The van der Waals surface area contributed by atoms with Gasteiger partial charge < -0.3 is 5.11 Å². The smallest absolute Gasteiger partial charge is 0.282 e. The highest BCUT2D eigenvalue weighted by atomic mass is 16.6. The van der Waals surface area contributed by atoms with Gasteiger partial charge in [0.05, 0.1) is 27.6 Å². The number of aliphatic hydroxyl groups excluding tert-OH is 1. The standard InChI is InChI=1S/C11H14N2O5/c1-11(2,3)10(14)8-5-4-7(12(15)16)6-9(8)13(17)18/h4-6,10,14H,1-3H3. The maximum absolute atomic E-state index is 10.9. The van der Waals surface area contributed by atoms with Crippen molar-refractivity contribution < 1.29 is 15.0 Å². The summed E-state index contributed by atoms with van der Waals surface area (Å²) < 4.78 is 0. The highest BCUT2D eigenvalue weighted by Crippen LogP contribution is 2.38. The third kappa shape index (κ3) is 2.80. The second-order valence-corrected chi connectivity index (χ2v) is 5.03. The molecule has 1 N–H and O–H groups in total. The van der Waals surface area contributed by atoms with E-state index in [9.17, 15) is 25.3 Å². The minimum atomic E-state index is -1.07. The van der Waals surface area contributed by atoms with Crippen molar-refractivity contribution in [2.45, 2.75) is 26.9 Å². The minimum Gasteiger partial charge on any atom is -0.388 e. The normalized spacial score (nSPS) is 13.1. The van der Waals surface area contributed by atoms with Crippen LogP contribution in [-0.4, -0.2) is 15.0 Å². The molecule has 98 valence electrons. The number of benzene rings is 1. The van der Waals surface area contributed by atoms with E-state index in [-0.39, 0.29) is 11.3 Å². The van der Waals surface area contributed by atoms with Crippen LogP contribution in [0.25, 0.3) is 0 Å². The summed E-state index contributed by atoms with van der Waals surface area (Å²) in [6, 6.07) is 3.24. The van der Waals surface area contributed by atoms with Crippen LogP contribution in [0, 0.1) is 25.6 Å². The van der Waals surface area contributed by atoms with Gasteiger partial charge in [-0.3, -0.25) is 20.2 Å². The summed E-state index contributed by atoms with van der Waals surface area (Å²) in [5.74, 6) is 0. The number of aliphatic hydroxyl groups is 1. The van der Waals surface area contributed by atoms with E-state index in [1.807, 2.05) is 0 Å². The lowest BCUT2D eigenvalue weighted by molar-refractivity contribution is -0.395. The van der Waals surface area contributed by atoms with Crippen molar-refractivity contribution in [2.75, 3.05) is 0 Å². The number of nitro benzene ring substituents is 2. The first-order valence-corrected chi connectivity index (χ1v) is 5.25. The number of hydrogen-bond acceptors (Lipinski definition) is 5. The van der Waals surface area contributed by atoms with Crippen LogP contribution in [0.5, 0.6) is 0 Å². The average molecular weight is 254 g/mol. The van der Waals surface area contributed by atoms with E-state index in [2.05, 4.69) is 0 Å². The van der Waals surface area contributed by atoms with Crippen molar-refractivity contribution in [3.05, 3.63) is 44.0 Å². The predicted molar refractivity (Wildman–Crippen MR) is 64.2 cm³/mol. The Hall–Kier alpha value is -2.02. The van der Waals surface area contributed by atoms with Gasteiger partial charge in [-0.25, -0.2) is 0 Å². The molecule has 0 aliphatic rings. The Balaban J connectivity index is 3.37. The molecule has 0 aliphatic carbocycles. The minimum absolute atomic E-state index is 0.0816. The third-order valence-corrected chi connectivity index (χ3v) is 2.54. The Kier molecular flexibility index (Phi) is 3.66. The number of nitrogens with zero attached hydrogens (tertiary/aromatic N) is 2. The first-order chi connectivity index (χ1) is 8.14. The molecular weight excluding hydrogens is 240 g/mol. The molecule has 1 unspecified atom stereocenters. The van der Waals surface area contributed by atoms with Crippen molar-refractivity contribution in [3.8, 4) is 0 Å². The van der Waals surface area contributed by atoms with Gasteiger partial charge in [0.2, 0.25) is 0 Å². The van der Waals surface area contributed by atoms with Crippen molar-refractivity contribution in [2.24, 2.45) is 5.41 Å². The molecule has 0 bridgehead atoms. The van der Waals surface area contributed by atoms with Gasteiger partial charge in [0, 0.05) is 6.07 Å². The Morgan fingerprint density at radius 3 is 2.11 bits per heavy atom. The zero-order chi connectivity index (χ0) is 14.1. The second-order valence-electron chi connectivity index (χ2n) is 5.03. The van der Waals surface area contributed by atoms with Gasteiger partial charge in [0.1, 0.15) is 0 Å². The van der Waals surface area contributed by atoms with E-state index in [0.29, 0.717) is 0 Å². The molecule has 0 radical (unpaired) electrons. The first-order valence-electron chi connectivity index (χ1n) is 5.25. The van der Waals surface area contributed by atoms with Crippen molar-refractivity contribution in [1.82, 2.24) is 0 Å². The van der Waals surface area contributed by atoms with Crippen LogP contribution in [0.3, 0.4) is 0 Å².